The van der Waals surface area contributed by atoms with Gasteiger partial charge in [0.15, 0.2) is 4.77 Å². The van der Waals surface area contributed by atoms with E-state index in [9.17, 15) is 0 Å². The number of aromatic nitrogens is 2. The van der Waals surface area contributed by atoms with E-state index < -0.39 is 0 Å². The van der Waals surface area contributed by atoms with Crippen molar-refractivity contribution in [1.29, 1.82) is 0 Å². The number of nitrogens with zero attached hydrogens (tertiary/aromatic N) is 3. The minimum Gasteiger partial charge on any atom is -0.337 e. The smallest absolute Gasteiger partial charge is 0.177 e. The minimum atomic E-state index is 0.118. The predicted octanol–water partition coefficient (Wildman–Crippen LogP) is 2.09. The van der Waals surface area contributed by atoms with Gasteiger partial charge in [-0.3, -0.25) is 4.90 Å². The standard InChI is InChI=1S/C14H26N4S/c1-14(2,3)12-8-15-13(19)18(12)10-11-9-16(4)6-7-17(11)5/h8,11H,6-7,9-10H2,1-5H3,(H,15,19). The highest BCUT2D eigenvalue weighted by Crippen LogP contribution is 2.23. The Labute approximate surface area is 121 Å². The Bertz CT molecular complexity index is 482. The van der Waals surface area contributed by atoms with Crippen LogP contribution in [-0.2, 0) is 12.0 Å². The van der Waals surface area contributed by atoms with Gasteiger partial charge >= 0.3 is 0 Å². The van der Waals surface area contributed by atoms with E-state index >= 15 is 0 Å². The van der Waals surface area contributed by atoms with Crippen LogP contribution < -0.4 is 0 Å². The molecule has 0 amide bonds. The van der Waals surface area contributed by atoms with Crippen LogP contribution >= 0.6 is 12.2 Å². The SMILES string of the molecule is CN1CCN(C)C(Cn2c(C(C)(C)C)c[nH]c2=S)C1. The second-order valence-corrected chi connectivity index (χ2v) is 7.12. The lowest BCUT2D eigenvalue weighted by atomic mass is 9.92. The number of rotatable bonds is 2. The molecular formula is C14H26N4S. The van der Waals surface area contributed by atoms with Crippen molar-refractivity contribution in [3.8, 4) is 0 Å². The summed E-state index contributed by atoms with van der Waals surface area (Å²) < 4.78 is 3.11. The summed E-state index contributed by atoms with van der Waals surface area (Å²) in [6, 6.07) is 0.530. The van der Waals surface area contributed by atoms with Crippen LogP contribution in [0.2, 0.25) is 0 Å². The van der Waals surface area contributed by atoms with Gasteiger partial charge in [-0.1, -0.05) is 20.8 Å². The van der Waals surface area contributed by atoms with Gasteiger partial charge in [-0.15, -0.1) is 0 Å². The average molecular weight is 282 g/mol. The maximum atomic E-state index is 5.45. The van der Waals surface area contributed by atoms with E-state index in [-0.39, 0.29) is 5.41 Å². The third-order valence-electron chi connectivity index (χ3n) is 4.01. The highest BCUT2D eigenvalue weighted by molar-refractivity contribution is 7.71. The van der Waals surface area contributed by atoms with Crippen LogP contribution in [0.25, 0.3) is 0 Å². The van der Waals surface area contributed by atoms with Crippen LogP contribution in [0.5, 0.6) is 0 Å². The van der Waals surface area contributed by atoms with Crippen molar-refractivity contribution in [2.24, 2.45) is 0 Å². The van der Waals surface area contributed by atoms with Crippen molar-refractivity contribution in [2.45, 2.75) is 38.8 Å². The van der Waals surface area contributed by atoms with Crippen molar-refractivity contribution in [2.75, 3.05) is 33.7 Å². The zero-order valence-corrected chi connectivity index (χ0v) is 13.5. The Kier molecular flexibility index (Phi) is 4.18. The minimum absolute atomic E-state index is 0.118. The summed E-state index contributed by atoms with van der Waals surface area (Å²) in [6.45, 7) is 11.1. The highest BCUT2D eigenvalue weighted by Gasteiger charge is 2.26. The molecule has 108 valence electrons. The summed E-state index contributed by atoms with van der Waals surface area (Å²) in [5.74, 6) is 0. The molecule has 4 nitrogen and oxygen atoms in total. The van der Waals surface area contributed by atoms with Crippen molar-refractivity contribution in [3.63, 3.8) is 0 Å². The summed E-state index contributed by atoms with van der Waals surface area (Å²) in [7, 11) is 4.41. The first kappa shape index (κ1) is 14.8. The topological polar surface area (TPSA) is 27.2 Å². The Balaban J connectivity index is 2.23. The number of likely N-dealkylation sites (N-methyl/N-ethyl adjacent to an activating group) is 2. The summed E-state index contributed by atoms with van der Waals surface area (Å²) in [5.41, 5.74) is 1.41. The van der Waals surface area contributed by atoms with Crippen LogP contribution in [0.15, 0.2) is 6.20 Å². The molecule has 19 heavy (non-hydrogen) atoms. The first-order valence-electron chi connectivity index (χ1n) is 6.96. The van der Waals surface area contributed by atoms with Gasteiger partial charge in [0, 0.05) is 49.5 Å². The number of imidazole rings is 1. The molecular weight excluding hydrogens is 256 g/mol. The largest absolute Gasteiger partial charge is 0.337 e. The lowest BCUT2D eigenvalue weighted by Crippen LogP contribution is -2.51. The zero-order chi connectivity index (χ0) is 14.2. The molecule has 1 fully saturated rings. The van der Waals surface area contributed by atoms with E-state index in [4.69, 9.17) is 12.2 Å². The summed E-state index contributed by atoms with van der Waals surface area (Å²) in [6.07, 6.45) is 2.06. The number of hydrogen-bond acceptors (Lipinski definition) is 3. The normalized spacial score (nSPS) is 22.9. The third-order valence-corrected chi connectivity index (χ3v) is 4.35. The Hall–Kier alpha value is -0.650. The maximum absolute atomic E-state index is 5.45. The number of H-pyrrole nitrogens is 1. The molecule has 1 aliphatic rings. The average Bonchev–Trinajstić information content (AvgIpc) is 2.65. The molecule has 1 aliphatic heterocycles. The number of nitrogens with one attached hydrogen (secondary N) is 1. The molecule has 2 rings (SSSR count). The first-order chi connectivity index (χ1) is 8.79. The van der Waals surface area contributed by atoms with Crippen molar-refractivity contribution in [3.05, 3.63) is 16.7 Å². The molecule has 1 N–H and O–H groups in total. The van der Waals surface area contributed by atoms with Crippen molar-refractivity contribution >= 4 is 12.2 Å². The van der Waals surface area contributed by atoms with Crippen LogP contribution in [0.3, 0.4) is 0 Å². The molecule has 0 spiro atoms. The fraction of sp³-hybridized carbons (Fsp3) is 0.786. The molecule has 1 aromatic rings. The van der Waals surface area contributed by atoms with Gasteiger partial charge in [-0.05, 0) is 26.3 Å². The van der Waals surface area contributed by atoms with Crippen LogP contribution in [0.4, 0.5) is 0 Å². The lowest BCUT2D eigenvalue weighted by molar-refractivity contribution is 0.102. The zero-order valence-electron chi connectivity index (χ0n) is 12.7. The van der Waals surface area contributed by atoms with Crippen LogP contribution in [0, 0.1) is 4.77 Å². The molecule has 0 aliphatic carbocycles. The molecule has 0 bridgehead atoms. The molecule has 1 aromatic heterocycles. The summed E-state index contributed by atoms with van der Waals surface area (Å²) in [4.78, 5) is 8.05. The van der Waals surface area contributed by atoms with E-state index in [1.165, 1.54) is 5.69 Å². The van der Waals surface area contributed by atoms with E-state index in [0.717, 1.165) is 31.0 Å². The third kappa shape index (κ3) is 3.27. The Morgan fingerprint density at radius 2 is 2.00 bits per heavy atom. The first-order valence-corrected chi connectivity index (χ1v) is 7.37. The fourth-order valence-corrected chi connectivity index (χ4v) is 2.94. The molecule has 2 heterocycles. The second-order valence-electron chi connectivity index (χ2n) is 6.74. The maximum Gasteiger partial charge on any atom is 0.177 e. The highest BCUT2D eigenvalue weighted by atomic mass is 32.1. The molecule has 1 saturated heterocycles. The fourth-order valence-electron chi connectivity index (χ4n) is 2.71. The van der Waals surface area contributed by atoms with Gasteiger partial charge in [0.05, 0.1) is 0 Å². The van der Waals surface area contributed by atoms with Gasteiger partial charge in [-0.2, -0.15) is 0 Å². The second kappa shape index (κ2) is 5.38. The van der Waals surface area contributed by atoms with Crippen LogP contribution in [-0.4, -0.2) is 59.1 Å². The van der Waals surface area contributed by atoms with E-state index in [1.54, 1.807) is 0 Å². The molecule has 0 saturated carbocycles. The molecule has 0 aromatic carbocycles. The van der Waals surface area contributed by atoms with E-state index in [2.05, 4.69) is 60.4 Å². The predicted molar refractivity (Wildman–Crippen MR) is 82.2 cm³/mol. The van der Waals surface area contributed by atoms with Crippen LogP contribution in [0.1, 0.15) is 26.5 Å². The Morgan fingerprint density at radius 1 is 1.32 bits per heavy atom. The van der Waals surface area contributed by atoms with Gasteiger partial charge in [0.1, 0.15) is 0 Å². The van der Waals surface area contributed by atoms with Gasteiger partial charge in [0.2, 0.25) is 0 Å². The number of aromatic amines is 1. The van der Waals surface area contributed by atoms with E-state index in [1.807, 2.05) is 0 Å². The molecule has 0 radical (unpaired) electrons. The molecule has 1 atom stereocenters. The van der Waals surface area contributed by atoms with Crippen molar-refractivity contribution in [1.82, 2.24) is 19.4 Å². The summed E-state index contributed by atoms with van der Waals surface area (Å²) in [5, 5.41) is 0. The summed E-state index contributed by atoms with van der Waals surface area (Å²) >= 11 is 5.45. The van der Waals surface area contributed by atoms with Gasteiger partial charge < -0.3 is 14.5 Å². The number of piperazine rings is 1. The van der Waals surface area contributed by atoms with Gasteiger partial charge in [0.25, 0.3) is 0 Å². The number of hydrogen-bond donors (Lipinski definition) is 1. The van der Waals surface area contributed by atoms with Gasteiger partial charge in [-0.25, -0.2) is 0 Å². The van der Waals surface area contributed by atoms with Crippen molar-refractivity contribution < 1.29 is 0 Å². The quantitative estimate of drug-likeness (QED) is 0.842. The Morgan fingerprint density at radius 3 is 2.63 bits per heavy atom. The van der Waals surface area contributed by atoms with E-state index in [0.29, 0.717) is 6.04 Å². The lowest BCUT2D eigenvalue weighted by Gasteiger charge is -2.38. The molecule has 1 unspecified atom stereocenters. The molecule has 5 heteroatoms. The monoisotopic (exact) mass is 282 g/mol.